The number of unbranched alkanes of at least 4 members (excludes halogenated alkanes) is 9. The highest BCUT2D eigenvalue weighted by Crippen LogP contribution is 2.38. The Morgan fingerprint density at radius 1 is 0.803 bits per heavy atom. The van der Waals surface area contributed by atoms with Gasteiger partial charge in [-0.2, -0.15) is 0 Å². The molecule has 1 aliphatic carbocycles. The second-order valence-electron chi connectivity index (χ2n) is 17.2. The molecule has 1 rings (SSSR count). The number of carbonyl (C=O) groups excluding carboxylic acids is 3. The number of hydrogen-bond acceptors (Lipinski definition) is 11. The predicted octanol–water partition coefficient (Wildman–Crippen LogP) is 9.20. The fourth-order valence-electron chi connectivity index (χ4n) is 6.78. The van der Waals surface area contributed by atoms with E-state index in [0.29, 0.717) is 36.7 Å². The lowest BCUT2D eigenvalue weighted by Crippen LogP contribution is -2.37. The maximum absolute atomic E-state index is 12.7. The van der Waals surface area contributed by atoms with Crippen molar-refractivity contribution in [3.63, 3.8) is 0 Å². The van der Waals surface area contributed by atoms with Crippen LogP contribution in [-0.2, 0) is 37.5 Å². The Hall–Kier alpha value is -2.70. The van der Waals surface area contributed by atoms with Crippen molar-refractivity contribution in [3.8, 4) is 0 Å². The van der Waals surface area contributed by atoms with Gasteiger partial charge in [-0.05, 0) is 64.2 Å². The molecule has 1 saturated carbocycles. The van der Waals surface area contributed by atoms with E-state index in [2.05, 4.69) is 62.5 Å². The van der Waals surface area contributed by atoms with Crippen molar-refractivity contribution in [2.75, 3.05) is 47.5 Å². The molecular formula is C48H82NO11P. The van der Waals surface area contributed by atoms with Crippen molar-refractivity contribution < 1.29 is 57.1 Å². The molecule has 0 aromatic heterocycles. The van der Waals surface area contributed by atoms with Crippen molar-refractivity contribution in [1.29, 1.82) is 0 Å². The van der Waals surface area contributed by atoms with E-state index in [0.717, 1.165) is 89.9 Å². The quantitative estimate of drug-likeness (QED) is 0.0201. The van der Waals surface area contributed by atoms with Crippen LogP contribution in [0.5, 0.6) is 0 Å². The fraction of sp³-hybridized carbons (Fsp3) is 0.729. The highest BCUT2D eigenvalue weighted by atomic mass is 31.2. The Morgan fingerprint density at radius 3 is 2.05 bits per heavy atom. The number of likely N-dealkylation sites (N-methyl/N-ethyl adjacent to an activating group) is 1. The number of quaternary nitrogens is 1. The number of phosphoric ester groups is 1. The number of nitrogens with zero attached hydrogens (tertiary/aromatic N) is 1. The first kappa shape index (κ1) is 56.3. The summed E-state index contributed by atoms with van der Waals surface area (Å²) in [5.41, 5.74) is 0. The zero-order valence-electron chi connectivity index (χ0n) is 38.3. The predicted molar refractivity (Wildman–Crippen MR) is 241 cm³/mol. The molecule has 0 bridgehead atoms. The summed E-state index contributed by atoms with van der Waals surface area (Å²) >= 11 is 0. The maximum Gasteiger partial charge on any atom is 0.306 e. The van der Waals surface area contributed by atoms with Crippen LogP contribution in [0.1, 0.15) is 149 Å². The number of Topliss-reactive ketones (excluding diaryl/α,β-unsaturated/α-hetero) is 1. The molecule has 0 aliphatic heterocycles. The third kappa shape index (κ3) is 31.7. The smallest absolute Gasteiger partial charge is 0.306 e. The van der Waals surface area contributed by atoms with E-state index in [1.807, 2.05) is 27.2 Å². The summed E-state index contributed by atoms with van der Waals surface area (Å²) in [6.45, 7) is 3.70. The van der Waals surface area contributed by atoms with E-state index >= 15 is 0 Å². The number of esters is 2. The second-order valence-corrected chi connectivity index (χ2v) is 18.6. The Morgan fingerprint density at radius 2 is 1.41 bits per heavy atom. The minimum atomic E-state index is -4.70. The van der Waals surface area contributed by atoms with Gasteiger partial charge in [-0.3, -0.25) is 18.9 Å². The van der Waals surface area contributed by atoms with Crippen LogP contribution < -0.4 is 4.89 Å². The van der Waals surface area contributed by atoms with Crippen LogP contribution in [0.2, 0.25) is 0 Å². The summed E-state index contributed by atoms with van der Waals surface area (Å²) in [4.78, 5) is 50.4. The minimum absolute atomic E-state index is 0.0444. The third-order valence-corrected chi connectivity index (χ3v) is 11.4. The van der Waals surface area contributed by atoms with Gasteiger partial charge in [0.2, 0.25) is 0 Å². The van der Waals surface area contributed by atoms with E-state index in [1.54, 1.807) is 6.08 Å². The third-order valence-electron chi connectivity index (χ3n) is 10.4. The van der Waals surface area contributed by atoms with Gasteiger partial charge in [0.15, 0.2) is 6.10 Å². The van der Waals surface area contributed by atoms with Gasteiger partial charge in [0.25, 0.3) is 7.82 Å². The van der Waals surface area contributed by atoms with Crippen LogP contribution in [-0.4, -0.2) is 98.2 Å². The van der Waals surface area contributed by atoms with Gasteiger partial charge >= 0.3 is 11.9 Å². The molecule has 0 amide bonds. The van der Waals surface area contributed by atoms with E-state index < -0.39 is 44.7 Å². The number of allylic oxidation sites excluding steroid dienone is 8. The summed E-state index contributed by atoms with van der Waals surface area (Å²) in [5, 5.41) is 20.7. The maximum atomic E-state index is 12.7. The molecule has 0 heterocycles. The lowest BCUT2D eigenvalue weighted by Gasteiger charge is -2.28. The molecule has 0 aromatic carbocycles. The molecule has 350 valence electrons. The fourth-order valence-corrected chi connectivity index (χ4v) is 7.50. The Kier molecular flexibility index (Phi) is 32.1. The van der Waals surface area contributed by atoms with Crippen LogP contribution in [0.3, 0.4) is 0 Å². The van der Waals surface area contributed by atoms with E-state index in [4.69, 9.17) is 18.5 Å². The summed E-state index contributed by atoms with van der Waals surface area (Å²) in [7, 11) is 1.01. The second kappa shape index (κ2) is 34.7. The summed E-state index contributed by atoms with van der Waals surface area (Å²) < 4.78 is 33.9. The first-order valence-electron chi connectivity index (χ1n) is 23.1. The molecule has 13 heteroatoms. The highest BCUT2D eigenvalue weighted by Gasteiger charge is 2.39. The Bertz CT molecular complexity index is 1390. The molecule has 1 aliphatic rings. The number of ketones is 1. The molecule has 0 spiro atoms. The standard InChI is InChI=1S/C48H82NO11P/c1-6-8-10-11-12-13-14-15-16-17-18-19-20-21-22-23-29-33-48(54)60-42(40-59-61(55,56)58-37-36-49(3,4)5)39-57-47(53)32-28-25-24-27-31-43-44(46(52)38-45(43)51)35-34-41(50)30-26-9-7-2/h8,10,12-13,15-16,18-19,34-35,41-44,46,50,52H,6-7,9,11,14,17,20-33,36-40H2,1-5H3/b10-8-,13-12-,16-15-,19-18-,35-34+/t41-,42+,43+,44+,46+/m0/s1. The largest absolute Gasteiger partial charge is 0.756 e. The molecular weight excluding hydrogens is 797 g/mol. The minimum Gasteiger partial charge on any atom is -0.756 e. The number of aliphatic hydroxyl groups is 2. The zero-order chi connectivity index (χ0) is 45.2. The van der Waals surface area contributed by atoms with Gasteiger partial charge in [0, 0.05) is 31.1 Å². The summed E-state index contributed by atoms with van der Waals surface area (Å²) in [6, 6.07) is 0. The van der Waals surface area contributed by atoms with Crippen LogP contribution in [0.4, 0.5) is 0 Å². The van der Waals surface area contributed by atoms with Crippen molar-refractivity contribution >= 4 is 25.5 Å². The van der Waals surface area contributed by atoms with Crippen molar-refractivity contribution in [1.82, 2.24) is 0 Å². The molecule has 1 unspecified atom stereocenters. The molecule has 6 atom stereocenters. The molecule has 61 heavy (non-hydrogen) atoms. The highest BCUT2D eigenvalue weighted by molar-refractivity contribution is 7.45. The number of rotatable bonds is 37. The van der Waals surface area contributed by atoms with Gasteiger partial charge in [-0.25, -0.2) is 0 Å². The lowest BCUT2D eigenvalue weighted by molar-refractivity contribution is -0.870. The molecule has 0 aromatic rings. The summed E-state index contributed by atoms with van der Waals surface area (Å²) in [6.07, 6.45) is 34.3. The van der Waals surface area contributed by atoms with Crippen molar-refractivity contribution in [2.45, 2.75) is 167 Å². The first-order chi connectivity index (χ1) is 29.2. The molecule has 12 nitrogen and oxygen atoms in total. The van der Waals surface area contributed by atoms with Gasteiger partial charge in [-0.1, -0.05) is 126 Å². The normalized spacial score (nSPS) is 19.5. The van der Waals surface area contributed by atoms with Gasteiger partial charge < -0.3 is 38.1 Å². The number of aliphatic hydroxyl groups excluding tert-OH is 2. The van der Waals surface area contributed by atoms with Gasteiger partial charge in [0.1, 0.15) is 25.5 Å². The number of carbonyl (C=O) groups is 3. The van der Waals surface area contributed by atoms with Crippen LogP contribution in [0.25, 0.3) is 0 Å². The monoisotopic (exact) mass is 880 g/mol. The first-order valence-corrected chi connectivity index (χ1v) is 24.6. The molecule has 0 radical (unpaired) electrons. The lowest BCUT2D eigenvalue weighted by atomic mass is 9.88. The van der Waals surface area contributed by atoms with Crippen LogP contribution in [0, 0.1) is 11.8 Å². The average Bonchev–Trinajstić information content (AvgIpc) is 3.47. The zero-order valence-corrected chi connectivity index (χ0v) is 39.2. The van der Waals surface area contributed by atoms with Gasteiger partial charge in [0.05, 0.1) is 40.0 Å². The van der Waals surface area contributed by atoms with E-state index in [9.17, 15) is 34.1 Å². The molecule has 1 fully saturated rings. The number of phosphoric acid groups is 1. The Labute approximate surface area is 368 Å². The van der Waals surface area contributed by atoms with E-state index in [-0.39, 0.29) is 50.1 Å². The topological polar surface area (TPSA) is 169 Å². The molecule has 2 N–H and O–H groups in total. The van der Waals surface area contributed by atoms with E-state index in [1.165, 1.54) is 0 Å². The number of ether oxygens (including phenoxy) is 2. The van der Waals surface area contributed by atoms with Crippen LogP contribution >= 0.6 is 7.82 Å². The summed E-state index contributed by atoms with van der Waals surface area (Å²) in [5.74, 6) is -1.57. The molecule has 0 saturated heterocycles. The van der Waals surface area contributed by atoms with Crippen molar-refractivity contribution in [3.05, 3.63) is 60.8 Å². The average molecular weight is 880 g/mol. The van der Waals surface area contributed by atoms with Gasteiger partial charge in [-0.15, -0.1) is 0 Å². The number of hydrogen-bond donors (Lipinski definition) is 2. The SMILES string of the molecule is CC/C=C\C/C=C\C/C=C\C/C=C\CCCCCCC(=O)O[C@H](COC(=O)CCCCCC[C@H]1C(=O)C[C@@H](O)[C@@H]1/C=C/[C@@H](O)CCCCC)COP(=O)([O-])OCC[N+](C)(C)C. The van der Waals surface area contributed by atoms with Crippen molar-refractivity contribution in [2.24, 2.45) is 11.8 Å². The van der Waals surface area contributed by atoms with Crippen LogP contribution in [0.15, 0.2) is 60.8 Å². The Balaban J connectivity index is 2.47.